The third-order valence-corrected chi connectivity index (χ3v) is 5.44. The van der Waals surface area contributed by atoms with Crippen molar-refractivity contribution in [2.75, 3.05) is 19.8 Å². The summed E-state index contributed by atoms with van der Waals surface area (Å²) in [5, 5.41) is 8.83. The molecule has 1 aromatic heterocycles. The van der Waals surface area contributed by atoms with Crippen LogP contribution in [0, 0.1) is 5.92 Å². The first-order valence-electron chi connectivity index (χ1n) is 7.97. The van der Waals surface area contributed by atoms with Crippen LogP contribution in [-0.4, -0.2) is 31.7 Å². The van der Waals surface area contributed by atoms with Crippen LogP contribution in [0.2, 0.25) is 0 Å². The van der Waals surface area contributed by atoms with Crippen LogP contribution in [0.5, 0.6) is 0 Å². The lowest BCUT2D eigenvalue weighted by Crippen LogP contribution is -2.45. The molecule has 116 valence electrons. The zero-order chi connectivity index (χ0) is 14.7. The average molecular weight is 308 g/mol. The smallest absolute Gasteiger partial charge is 0.227 e. The molecule has 21 heavy (non-hydrogen) atoms. The Hall–Kier alpha value is -0.910. The van der Waals surface area contributed by atoms with E-state index in [0.29, 0.717) is 13.2 Å². The maximum absolute atomic E-state index is 12.6. The monoisotopic (exact) mass is 308 g/mol. The Balaban J connectivity index is 1.62. The van der Waals surface area contributed by atoms with E-state index >= 15 is 0 Å². The highest BCUT2D eigenvalue weighted by Gasteiger charge is 2.35. The van der Waals surface area contributed by atoms with Crippen molar-refractivity contribution in [3.63, 3.8) is 0 Å². The summed E-state index contributed by atoms with van der Waals surface area (Å²) in [6, 6.07) is 2.53. The number of nitrogens with one attached hydrogen (secondary N) is 2. The van der Waals surface area contributed by atoms with Gasteiger partial charge in [0.25, 0.3) is 0 Å². The van der Waals surface area contributed by atoms with Gasteiger partial charge in [0.2, 0.25) is 5.91 Å². The topological polar surface area (TPSA) is 50.4 Å². The summed E-state index contributed by atoms with van der Waals surface area (Å²) < 4.78 is 5.51. The van der Waals surface area contributed by atoms with Crippen LogP contribution in [0.4, 0.5) is 0 Å². The average Bonchev–Trinajstić information content (AvgIpc) is 3.14. The van der Waals surface area contributed by atoms with Gasteiger partial charge in [-0.05, 0) is 49.2 Å². The number of carbonyl (C=O) groups excluding carboxylic acids is 1. The number of ether oxygens (including phenoxy) is 1. The molecule has 1 aromatic rings. The molecule has 2 N–H and O–H groups in total. The third kappa shape index (κ3) is 3.30. The van der Waals surface area contributed by atoms with Crippen LogP contribution in [0.15, 0.2) is 11.4 Å². The normalized spacial score (nSPS) is 28.3. The van der Waals surface area contributed by atoms with E-state index in [9.17, 15) is 4.79 Å². The second kappa shape index (κ2) is 6.90. The zero-order valence-corrected chi connectivity index (χ0v) is 13.4. The second-order valence-electron chi connectivity index (χ2n) is 5.96. The van der Waals surface area contributed by atoms with E-state index in [-0.39, 0.29) is 23.9 Å². The third-order valence-electron chi connectivity index (χ3n) is 4.44. The lowest BCUT2D eigenvalue weighted by Gasteiger charge is -2.26. The molecule has 1 aliphatic heterocycles. The fraction of sp³-hybridized carbons (Fsp3) is 0.688. The first-order valence-corrected chi connectivity index (χ1v) is 8.85. The maximum Gasteiger partial charge on any atom is 0.227 e. The van der Waals surface area contributed by atoms with Gasteiger partial charge in [-0.2, -0.15) is 0 Å². The predicted octanol–water partition coefficient (Wildman–Crippen LogP) is 2.26. The van der Waals surface area contributed by atoms with Crippen molar-refractivity contribution >= 4 is 17.2 Å². The molecular weight excluding hydrogens is 284 g/mol. The maximum atomic E-state index is 12.6. The van der Waals surface area contributed by atoms with Crippen LogP contribution in [-0.2, 0) is 16.0 Å². The zero-order valence-electron chi connectivity index (χ0n) is 12.6. The van der Waals surface area contributed by atoms with Gasteiger partial charge in [0.15, 0.2) is 0 Å². The van der Waals surface area contributed by atoms with Crippen molar-refractivity contribution in [2.45, 2.75) is 44.7 Å². The minimum absolute atomic E-state index is 0.0550. The van der Waals surface area contributed by atoms with Gasteiger partial charge in [0.05, 0.1) is 25.2 Å². The second-order valence-corrected chi connectivity index (χ2v) is 6.96. The summed E-state index contributed by atoms with van der Waals surface area (Å²) in [6.45, 7) is 4.26. The Morgan fingerprint density at radius 2 is 2.38 bits per heavy atom. The molecule has 0 saturated carbocycles. The summed E-state index contributed by atoms with van der Waals surface area (Å²) in [6.07, 6.45) is 4.45. The molecule has 3 rings (SSSR count). The van der Waals surface area contributed by atoms with Gasteiger partial charge in [-0.15, -0.1) is 11.3 Å². The first-order chi connectivity index (χ1) is 10.3. The Labute approximate surface area is 130 Å². The molecule has 0 radical (unpaired) electrons. The van der Waals surface area contributed by atoms with E-state index in [1.807, 2.05) is 11.3 Å². The first kappa shape index (κ1) is 15.0. The summed E-state index contributed by atoms with van der Waals surface area (Å²) in [7, 11) is 0. The summed E-state index contributed by atoms with van der Waals surface area (Å²) in [5.41, 5.74) is 1.33. The van der Waals surface area contributed by atoms with Crippen LogP contribution >= 0.6 is 11.3 Å². The number of carbonyl (C=O) groups is 1. The van der Waals surface area contributed by atoms with E-state index in [1.54, 1.807) is 0 Å². The molecule has 3 atom stereocenters. The standard InChI is InChI=1S/C16H24N2O2S/c1-2-7-17-14-10-20-9-12(14)16(19)18-13-4-3-5-15-11(13)6-8-21-15/h6,8,12-14,17H,2-5,7,9-10H2,1H3,(H,18,19). The molecule has 1 fully saturated rings. The van der Waals surface area contributed by atoms with Crippen LogP contribution in [0.25, 0.3) is 0 Å². The fourth-order valence-electron chi connectivity index (χ4n) is 3.26. The van der Waals surface area contributed by atoms with Crippen molar-refractivity contribution in [3.8, 4) is 0 Å². The number of fused-ring (bicyclic) bond motifs is 1. The predicted molar refractivity (Wildman–Crippen MR) is 84.5 cm³/mol. The number of aryl methyl sites for hydroxylation is 1. The molecule has 2 aliphatic rings. The molecule has 1 aliphatic carbocycles. The van der Waals surface area contributed by atoms with Gasteiger partial charge in [-0.3, -0.25) is 4.79 Å². The largest absolute Gasteiger partial charge is 0.379 e. The van der Waals surface area contributed by atoms with Crippen molar-refractivity contribution < 1.29 is 9.53 Å². The molecule has 0 bridgehead atoms. The van der Waals surface area contributed by atoms with Gasteiger partial charge in [-0.1, -0.05) is 6.92 Å². The Kier molecular flexibility index (Phi) is 4.93. The molecule has 0 spiro atoms. The SMILES string of the molecule is CCCNC1COCC1C(=O)NC1CCCc2sccc21. The molecule has 5 heteroatoms. The van der Waals surface area contributed by atoms with Gasteiger partial charge in [0, 0.05) is 10.9 Å². The minimum atomic E-state index is -0.0550. The van der Waals surface area contributed by atoms with Crippen LogP contribution in [0.3, 0.4) is 0 Å². The van der Waals surface area contributed by atoms with Crippen molar-refractivity contribution in [3.05, 3.63) is 21.9 Å². The minimum Gasteiger partial charge on any atom is -0.379 e. The van der Waals surface area contributed by atoms with Gasteiger partial charge in [0.1, 0.15) is 0 Å². The highest BCUT2D eigenvalue weighted by Crippen LogP contribution is 2.33. The molecular formula is C16H24N2O2S. The Morgan fingerprint density at radius 3 is 3.24 bits per heavy atom. The van der Waals surface area contributed by atoms with E-state index in [0.717, 1.165) is 32.2 Å². The van der Waals surface area contributed by atoms with Crippen molar-refractivity contribution in [2.24, 2.45) is 5.92 Å². The molecule has 4 nitrogen and oxygen atoms in total. The number of hydrogen-bond acceptors (Lipinski definition) is 4. The highest BCUT2D eigenvalue weighted by molar-refractivity contribution is 7.10. The van der Waals surface area contributed by atoms with Gasteiger partial charge >= 0.3 is 0 Å². The summed E-state index contributed by atoms with van der Waals surface area (Å²) >= 11 is 1.81. The lowest BCUT2D eigenvalue weighted by atomic mass is 9.93. The Bertz CT molecular complexity index is 488. The quantitative estimate of drug-likeness (QED) is 0.877. The molecule has 2 heterocycles. The highest BCUT2D eigenvalue weighted by atomic mass is 32.1. The molecule has 1 amide bonds. The molecule has 3 unspecified atom stereocenters. The van der Waals surface area contributed by atoms with Crippen molar-refractivity contribution in [1.29, 1.82) is 0 Å². The van der Waals surface area contributed by atoms with Gasteiger partial charge in [-0.25, -0.2) is 0 Å². The number of rotatable bonds is 5. The molecule has 0 aromatic carbocycles. The van der Waals surface area contributed by atoms with Crippen LogP contribution in [0.1, 0.15) is 42.7 Å². The van der Waals surface area contributed by atoms with E-state index in [1.165, 1.54) is 10.4 Å². The van der Waals surface area contributed by atoms with Crippen LogP contribution < -0.4 is 10.6 Å². The Morgan fingerprint density at radius 1 is 1.48 bits per heavy atom. The number of hydrogen-bond donors (Lipinski definition) is 2. The summed E-state index contributed by atoms with van der Waals surface area (Å²) in [5.74, 6) is 0.0886. The van der Waals surface area contributed by atoms with E-state index in [4.69, 9.17) is 4.74 Å². The molecule has 1 saturated heterocycles. The van der Waals surface area contributed by atoms with Crippen molar-refractivity contribution in [1.82, 2.24) is 10.6 Å². The van der Waals surface area contributed by atoms with Gasteiger partial charge < -0.3 is 15.4 Å². The number of thiophene rings is 1. The fourth-order valence-corrected chi connectivity index (χ4v) is 4.25. The summed E-state index contributed by atoms with van der Waals surface area (Å²) in [4.78, 5) is 14.0. The number of amides is 1. The lowest BCUT2D eigenvalue weighted by molar-refractivity contribution is -0.126. The van der Waals surface area contributed by atoms with E-state index < -0.39 is 0 Å². The van der Waals surface area contributed by atoms with E-state index in [2.05, 4.69) is 29.0 Å².